The van der Waals surface area contributed by atoms with Gasteiger partial charge >= 0.3 is 0 Å². The van der Waals surface area contributed by atoms with Gasteiger partial charge in [0.05, 0.1) is 7.11 Å². The minimum Gasteiger partial charge on any atom is -0.496 e. The van der Waals surface area contributed by atoms with Crippen LogP contribution in [-0.4, -0.2) is 26.7 Å². The predicted molar refractivity (Wildman–Crippen MR) is 70.4 cm³/mol. The van der Waals surface area contributed by atoms with Gasteiger partial charge < -0.3 is 20.5 Å². The van der Waals surface area contributed by atoms with Crippen LogP contribution in [0, 0.1) is 0 Å². The molecule has 100 valence electrons. The van der Waals surface area contributed by atoms with Crippen molar-refractivity contribution in [2.24, 2.45) is 0 Å². The van der Waals surface area contributed by atoms with Crippen molar-refractivity contribution >= 4 is 11.6 Å². The number of benzene rings is 1. The van der Waals surface area contributed by atoms with Crippen LogP contribution in [0.1, 0.15) is 18.4 Å². The van der Waals surface area contributed by atoms with Crippen molar-refractivity contribution in [3.63, 3.8) is 0 Å². The van der Waals surface area contributed by atoms with Gasteiger partial charge in [-0.05, 0) is 24.6 Å². The number of hydrogen-bond donors (Lipinski definition) is 2. The molecule has 5 heteroatoms. The number of carbonyl (C=O) groups is 1. The van der Waals surface area contributed by atoms with Gasteiger partial charge in [-0.25, -0.2) is 0 Å². The first-order chi connectivity index (χ1) is 8.67. The zero-order valence-corrected chi connectivity index (χ0v) is 10.9. The average Bonchev–Trinajstić information content (AvgIpc) is 2.37. The second-order valence-corrected chi connectivity index (χ2v) is 3.94. The lowest BCUT2D eigenvalue weighted by molar-refractivity contribution is -0.121. The molecule has 0 aliphatic heterocycles. The molecule has 0 aromatic heterocycles. The van der Waals surface area contributed by atoms with Gasteiger partial charge in [-0.1, -0.05) is 0 Å². The number of amides is 1. The maximum Gasteiger partial charge on any atom is 0.220 e. The third-order valence-electron chi connectivity index (χ3n) is 2.53. The van der Waals surface area contributed by atoms with Gasteiger partial charge in [0, 0.05) is 37.9 Å². The van der Waals surface area contributed by atoms with E-state index in [1.165, 1.54) is 0 Å². The highest BCUT2D eigenvalue weighted by Gasteiger charge is 2.06. The molecule has 0 spiro atoms. The van der Waals surface area contributed by atoms with Gasteiger partial charge in [-0.3, -0.25) is 4.79 Å². The molecule has 0 aliphatic rings. The van der Waals surface area contributed by atoms with Crippen molar-refractivity contribution in [3.8, 4) is 5.75 Å². The predicted octanol–water partition coefficient (Wildman–Crippen LogP) is 1.32. The second kappa shape index (κ2) is 7.55. The lowest BCUT2D eigenvalue weighted by Crippen LogP contribution is -2.23. The third kappa shape index (κ3) is 4.63. The smallest absolute Gasteiger partial charge is 0.220 e. The van der Waals surface area contributed by atoms with Crippen LogP contribution in [0.3, 0.4) is 0 Å². The molecule has 0 saturated carbocycles. The topological polar surface area (TPSA) is 73.6 Å². The molecule has 0 atom stereocenters. The highest BCUT2D eigenvalue weighted by atomic mass is 16.5. The van der Waals surface area contributed by atoms with Crippen molar-refractivity contribution in [2.75, 3.05) is 26.6 Å². The Bertz CT molecular complexity index is 394. The molecule has 0 radical (unpaired) electrons. The van der Waals surface area contributed by atoms with Crippen molar-refractivity contribution in [1.29, 1.82) is 0 Å². The van der Waals surface area contributed by atoms with Crippen molar-refractivity contribution in [2.45, 2.75) is 19.4 Å². The van der Waals surface area contributed by atoms with Crippen LogP contribution in [0.15, 0.2) is 18.2 Å². The van der Waals surface area contributed by atoms with Crippen molar-refractivity contribution in [3.05, 3.63) is 23.8 Å². The van der Waals surface area contributed by atoms with Crippen LogP contribution in [0.2, 0.25) is 0 Å². The minimum atomic E-state index is -0.00322. The molecule has 0 saturated heterocycles. The molecule has 0 unspecified atom stereocenters. The molecule has 5 nitrogen and oxygen atoms in total. The van der Waals surface area contributed by atoms with E-state index < -0.39 is 0 Å². The molecule has 3 N–H and O–H groups in total. The lowest BCUT2D eigenvalue weighted by atomic mass is 10.1. The number of hydrogen-bond acceptors (Lipinski definition) is 4. The summed E-state index contributed by atoms with van der Waals surface area (Å²) in [5.74, 6) is 0.720. The van der Waals surface area contributed by atoms with Gasteiger partial charge in [-0.2, -0.15) is 0 Å². The summed E-state index contributed by atoms with van der Waals surface area (Å²) in [5.41, 5.74) is 7.23. The lowest BCUT2D eigenvalue weighted by Gasteiger charge is -2.10. The second-order valence-electron chi connectivity index (χ2n) is 3.94. The number of nitrogen functional groups attached to an aromatic ring is 1. The van der Waals surface area contributed by atoms with E-state index in [-0.39, 0.29) is 5.91 Å². The summed E-state index contributed by atoms with van der Waals surface area (Å²) >= 11 is 0. The maximum absolute atomic E-state index is 11.5. The third-order valence-corrected chi connectivity index (χ3v) is 2.53. The van der Waals surface area contributed by atoms with E-state index in [9.17, 15) is 4.79 Å². The summed E-state index contributed by atoms with van der Waals surface area (Å²) < 4.78 is 10.1. The summed E-state index contributed by atoms with van der Waals surface area (Å²) in [5, 5.41) is 2.83. The number of rotatable bonds is 7. The average molecular weight is 252 g/mol. The van der Waals surface area contributed by atoms with E-state index in [1.807, 2.05) is 0 Å². The highest BCUT2D eigenvalue weighted by Crippen LogP contribution is 2.20. The summed E-state index contributed by atoms with van der Waals surface area (Å²) in [6.07, 6.45) is 1.18. The quantitative estimate of drug-likeness (QED) is 0.567. The molecule has 1 rings (SSSR count). The molecule has 0 heterocycles. The zero-order valence-electron chi connectivity index (χ0n) is 10.9. The van der Waals surface area contributed by atoms with Gasteiger partial charge in [0.2, 0.25) is 5.91 Å². The Hall–Kier alpha value is -1.75. The fourth-order valence-corrected chi connectivity index (χ4v) is 1.60. The fourth-order valence-electron chi connectivity index (χ4n) is 1.60. The van der Waals surface area contributed by atoms with Crippen LogP contribution in [0.4, 0.5) is 5.69 Å². The van der Waals surface area contributed by atoms with E-state index in [0.717, 1.165) is 17.7 Å². The van der Waals surface area contributed by atoms with Gasteiger partial charge in [0.1, 0.15) is 5.75 Å². The summed E-state index contributed by atoms with van der Waals surface area (Å²) in [7, 11) is 3.21. The van der Waals surface area contributed by atoms with Crippen LogP contribution in [0.5, 0.6) is 5.75 Å². The fraction of sp³-hybridized carbons (Fsp3) is 0.462. The van der Waals surface area contributed by atoms with E-state index in [2.05, 4.69) is 5.32 Å². The van der Waals surface area contributed by atoms with E-state index in [4.69, 9.17) is 15.2 Å². The van der Waals surface area contributed by atoms with Gasteiger partial charge in [-0.15, -0.1) is 0 Å². The first-order valence-electron chi connectivity index (χ1n) is 5.85. The summed E-state index contributed by atoms with van der Waals surface area (Å²) in [4.78, 5) is 11.5. The molecule has 18 heavy (non-hydrogen) atoms. The van der Waals surface area contributed by atoms with E-state index in [1.54, 1.807) is 32.4 Å². The van der Waals surface area contributed by atoms with Gasteiger partial charge in [0.15, 0.2) is 0 Å². The van der Waals surface area contributed by atoms with Crippen molar-refractivity contribution in [1.82, 2.24) is 5.32 Å². The number of carbonyl (C=O) groups excluding carboxylic acids is 1. The molecule has 0 aliphatic carbocycles. The van der Waals surface area contributed by atoms with E-state index >= 15 is 0 Å². The summed E-state index contributed by atoms with van der Waals surface area (Å²) in [6, 6.07) is 5.36. The first-order valence-corrected chi connectivity index (χ1v) is 5.85. The Balaban J connectivity index is 2.47. The van der Waals surface area contributed by atoms with E-state index in [0.29, 0.717) is 25.3 Å². The molecule has 1 aromatic rings. The molecule has 0 bridgehead atoms. The number of methoxy groups -OCH3 is 2. The Morgan fingerprint density at radius 3 is 2.83 bits per heavy atom. The Morgan fingerprint density at radius 1 is 1.39 bits per heavy atom. The summed E-state index contributed by atoms with van der Waals surface area (Å²) in [6.45, 7) is 1.01. The molecule has 1 amide bonds. The normalized spacial score (nSPS) is 10.1. The number of ether oxygens (including phenoxy) is 2. The SMILES string of the molecule is COCCCC(=O)NCc1cc(N)ccc1OC. The Labute approximate surface area is 107 Å². The number of anilines is 1. The van der Waals surface area contributed by atoms with Crippen LogP contribution in [0.25, 0.3) is 0 Å². The van der Waals surface area contributed by atoms with Crippen LogP contribution in [-0.2, 0) is 16.1 Å². The molecule has 0 fully saturated rings. The Kier molecular flexibility index (Phi) is 6.00. The Morgan fingerprint density at radius 2 is 2.17 bits per heavy atom. The molecular weight excluding hydrogens is 232 g/mol. The monoisotopic (exact) mass is 252 g/mol. The maximum atomic E-state index is 11.5. The molecular formula is C13H20N2O3. The first kappa shape index (κ1) is 14.3. The van der Waals surface area contributed by atoms with Gasteiger partial charge in [0.25, 0.3) is 0 Å². The van der Waals surface area contributed by atoms with Crippen LogP contribution >= 0.6 is 0 Å². The minimum absolute atomic E-state index is 0.00322. The number of nitrogens with one attached hydrogen (secondary N) is 1. The zero-order chi connectivity index (χ0) is 13.4. The number of nitrogens with two attached hydrogens (primary N) is 1. The van der Waals surface area contributed by atoms with Crippen molar-refractivity contribution < 1.29 is 14.3 Å². The largest absolute Gasteiger partial charge is 0.496 e. The molecule has 1 aromatic carbocycles. The standard InChI is InChI=1S/C13H20N2O3/c1-17-7-3-4-13(16)15-9-10-8-11(14)5-6-12(10)18-2/h5-6,8H,3-4,7,9,14H2,1-2H3,(H,15,16). The highest BCUT2D eigenvalue weighted by molar-refractivity contribution is 5.76. The van der Waals surface area contributed by atoms with Crippen LogP contribution < -0.4 is 15.8 Å².